The van der Waals surface area contributed by atoms with Gasteiger partial charge in [0.25, 0.3) is 0 Å². The number of hydrogen-bond donors (Lipinski definition) is 3. The monoisotopic (exact) mass is 442 g/mol. The minimum absolute atomic E-state index is 0.0388. The molecule has 0 spiro atoms. The van der Waals surface area contributed by atoms with Crippen LogP contribution in [0.4, 0.5) is 9.52 Å². The highest BCUT2D eigenvalue weighted by atomic mass is 32.1. The zero-order chi connectivity index (χ0) is 22.4. The first-order valence-electron chi connectivity index (χ1n) is 10.6. The van der Waals surface area contributed by atoms with Crippen molar-refractivity contribution in [3.8, 4) is 10.6 Å². The minimum atomic E-state index is -0.309. The summed E-state index contributed by atoms with van der Waals surface area (Å²) in [4.78, 5) is 2.20. The molecule has 0 bridgehead atoms. The van der Waals surface area contributed by atoms with Crippen molar-refractivity contribution >= 4 is 22.0 Å². The van der Waals surface area contributed by atoms with Crippen LogP contribution < -0.4 is 21.3 Å². The summed E-state index contributed by atoms with van der Waals surface area (Å²) in [6.45, 7) is 8.93. The van der Waals surface area contributed by atoms with E-state index in [4.69, 9.17) is 5.73 Å². The van der Waals surface area contributed by atoms with Crippen LogP contribution in [0, 0.1) is 5.82 Å². The highest BCUT2D eigenvalue weighted by Gasteiger charge is 2.39. The first kappa shape index (κ1) is 21.9. The van der Waals surface area contributed by atoms with Crippen LogP contribution in [0.2, 0.25) is 0 Å². The van der Waals surface area contributed by atoms with Gasteiger partial charge >= 0.3 is 0 Å². The fourth-order valence-electron chi connectivity index (χ4n) is 4.71. The Morgan fingerprint density at radius 3 is 2.48 bits per heavy atom. The number of nitrogens with zero attached hydrogens (tertiary/aromatic N) is 3. The molecule has 1 aromatic carbocycles. The first-order valence-corrected chi connectivity index (χ1v) is 11.4. The lowest BCUT2D eigenvalue weighted by molar-refractivity contribution is 0.161. The fourth-order valence-corrected chi connectivity index (χ4v) is 5.61. The summed E-state index contributed by atoms with van der Waals surface area (Å²) in [5.74, 6) is -0.309. The second kappa shape index (κ2) is 8.00. The number of halogens is 1. The number of nitrogens with two attached hydrogens (primary N) is 1. The highest BCUT2D eigenvalue weighted by molar-refractivity contribution is 7.18. The van der Waals surface area contributed by atoms with Crippen LogP contribution in [0.25, 0.3) is 16.1 Å². The van der Waals surface area contributed by atoms with Gasteiger partial charge in [-0.2, -0.15) is 0 Å². The molecule has 0 saturated carbocycles. The summed E-state index contributed by atoms with van der Waals surface area (Å²) in [7, 11) is 2.06. The van der Waals surface area contributed by atoms with E-state index < -0.39 is 0 Å². The summed E-state index contributed by atoms with van der Waals surface area (Å²) >= 11 is 1.43. The van der Waals surface area contributed by atoms with E-state index in [2.05, 4.69) is 60.5 Å². The second-order valence-corrected chi connectivity index (χ2v) is 10.8. The Kier molecular flexibility index (Phi) is 5.66. The van der Waals surface area contributed by atoms with Gasteiger partial charge in [0.1, 0.15) is 5.82 Å². The molecular weight excluding hydrogens is 411 g/mol. The second-order valence-electron chi connectivity index (χ2n) is 9.80. The predicted molar refractivity (Wildman–Crippen MR) is 126 cm³/mol. The van der Waals surface area contributed by atoms with E-state index in [1.54, 1.807) is 12.3 Å². The molecule has 2 aliphatic heterocycles. The van der Waals surface area contributed by atoms with E-state index in [0.717, 1.165) is 29.1 Å². The number of benzene rings is 1. The Bertz CT molecular complexity index is 1010. The summed E-state index contributed by atoms with van der Waals surface area (Å²) < 4.78 is 15.0. The Morgan fingerprint density at radius 2 is 1.87 bits per heavy atom. The van der Waals surface area contributed by atoms with Gasteiger partial charge in [-0.25, -0.2) is 4.39 Å². The van der Waals surface area contributed by atoms with Gasteiger partial charge in [0, 0.05) is 35.9 Å². The van der Waals surface area contributed by atoms with Crippen LogP contribution in [0.1, 0.15) is 46.1 Å². The van der Waals surface area contributed by atoms with Crippen molar-refractivity contribution in [3.63, 3.8) is 0 Å². The average Bonchev–Trinajstić information content (AvgIpc) is 3.15. The maximum absolute atomic E-state index is 15.0. The minimum Gasteiger partial charge on any atom is -0.372 e. The molecule has 0 radical (unpaired) electrons. The summed E-state index contributed by atoms with van der Waals surface area (Å²) in [6.07, 6.45) is 7.35. The lowest BCUT2D eigenvalue weighted by Crippen LogP contribution is -2.61. The molecule has 3 heterocycles. The van der Waals surface area contributed by atoms with E-state index in [1.807, 2.05) is 18.2 Å². The molecule has 1 atom stereocenters. The molecule has 1 aromatic heterocycles. The quantitative estimate of drug-likeness (QED) is 0.667. The lowest BCUT2D eigenvalue weighted by Gasteiger charge is -2.48. The van der Waals surface area contributed by atoms with Crippen LogP contribution in [-0.2, 0) is 0 Å². The molecule has 6 nitrogen and oxygen atoms in total. The van der Waals surface area contributed by atoms with E-state index in [9.17, 15) is 4.39 Å². The van der Waals surface area contributed by atoms with Gasteiger partial charge < -0.3 is 21.3 Å². The Labute approximate surface area is 187 Å². The molecule has 1 fully saturated rings. The van der Waals surface area contributed by atoms with Crippen molar-refractivity contribution in [2.24, 2.45) is 5.73 Å². The first-order chi connectivity index (χ1) is 14.5. The molecule has 2 aromatic rings. The van der Waals surface area contributed by atoms with Crippen LogP contribution in [0.5, 0.6) is 0 Å². The summed E-state index contributed by atoms with van der Waals surface area (Å²) in [5.41, 5.74) is 8.00. The van der Waals surface area contributed by atoms with Crippen molar-refractivity contribution in [1.29, 1.82) is 0 Å². The van der Waals surface area contributed by atoms with Crippen LogP contribution in [0.3, 0.4) is 0 Å². The number of nitrogens with one attached hydrogen (secondary N) is 2. The number of rotatable bonds is 4. The molecule has 2 aliphatic rings. The topological polar surface area (TPSA) is 79.1 Å². The number of allylic oxidation sites excluding steroid dienone is 2. The van der Waals surface area contributed by atoms with Crippen LogP contribution in [-0.4, -0.2) is 40.5 Å². The molecule has 0 amide bonds. The van der Waals surface area contributed by atoms with Gasteiger partial charge in [0.05, 0.1) is 6.17 Å². The van der Waals surface area contributed by atoms with Gasteiger partial charge in [-0.05, 0) is 69.9 Å². The molecule has 1 saturated heterocycles. The molecule has 4 N–H and O–H groups in total. The molecule has 8 heteroatoms. The summed E-state index contributed by atoms with van der Waals surface area (Å²) in [6, 6.07) is 5.54. The average molecular weight is 443 g/mol. The molecule has 1 unspecified atom stereocenters. The summed E-state index contributed by atoms with van der Waals surface area (Å²) in [5, 5.41) is 16.8. The zero-order valence-corrected chi connectivity index (χ0v) is 19.6. The van der Waals surface area contributed by atoms with Gasteiger partial charge in [0.15, 0.2) is 5.01 Å². The molecule has 31 heavy (non-hydrogen) atoms. The third-order valence-electron chi connectivity index (χ3n) is 5.88. The number of dihydropyridines is 1. The number of hydrogen-bond acceptors (Lipinski definition) is 7. The van der Waals surface area contributed by atoms with Crippen molar-refractivity contribution in [3.05, 3.63) is 47.9 Å². The van der Waals surface area contributed by atoms with E-state index in [1.165, 1.54) is 17.4 Å². The Balaban J connectivity index is 1.54. The van der Waals surface area contributed by atoms with Gasteiger partial charge in [-0.3, -0.25) is 0 Å². The third-order valence-corrected chi connectivity index (χ3v) is 6.93. The van der Waals surface area contributed by atoms with Crippen molar-refractivity contribution in [2.45, 2.75) is 63.8 Å². The van der Waals surface area contributed by atoms with Crippen molar-refractivity contribution < 1.29 is 4.39 Å². The largest absolute Gasteiger partial charge is 0.372 e. The number of anilines is 1. The SMILES string of the molecule is CN(c1nnc(-c2ccc(C3=CNC(N)C=C3)cc2F)s1)C1CC(C)(C)NC(C)(C)C1. The van der Waals surface area contributed by atoms with Crippen LogP contribution >= 0.6 is 11.3 Å². The molecule has 0 aliphatic carbocycles. The van der Waals surface area contributed by atoms with Crippen molar-refractivity contribution in [1.82, 2.24) is 20.8 Å². The van der Waals surface area contributed by atoms with Crippen molar-refractivity contribution in [2.75, 3.05) is 11.9 Å². The molecule has 166 valence electrons. The standard InChI is InChI=1S/C23H31FN6S/c1-22(2)11-16(12-23(3,4)29-22)30(5)21-28-27-20(31-21)17-8-6-14(10-18(17)24)15-7-9-19(25)26-13-15/h6-10,13,16,19,26,29H,11-12,25H2,1-5H3. The number of aromatic nitrogens is 2. The molecular formula is C23H31FN6S. The highest BCUT2D eigenvalue weighted by Crippen LogP contribution is 2.36. The van der Waals surface area contributed by atoms with Crippen LogP contribution in [0.15, 0.2) is 36.6 Å². The smallest absolute Gasteiger partial charge is 0.208 e. The number of piperidine rings is 1. The van der Waals surface area contributed by atoms with E-state index in [0.29, 0.717) is 16.6 Å². The fraction of sp³-hybridized carbons (Fsp3) is 0.478. The van der Waals surface area contributed by atoms with E-state index >= 15 is 0 Å². The molecule has 4 rings (SSSR count). The van der Waals surface area contributed by atoms with Gasteiger partial charge in [0.2, 0.25) is 5.13 Å². The zero-order valence-electron chi connectivity index (χ0n) is 18.7. The lowest BCUT2D eigenvalue weighted by atomic mass is 9.79. The van der Waals surface area contributed by atoms with Gasteiger partial charge in [-0.15, -0.1) is 10.2 Å². The van der Waals surface area contributed by atoms with E-state index in [-0.39, 0.29) is 23.1 Å². The maximum Gasteiger partial charge on any atom is 0.208 e. The predicted octanol–water partition coefficient (Wildman–Crippen LogP) is 3.87. The van der Waals surface area contributed by atoms with Gasteiger partial charge in [-0.1, -0.05) is 23.5 Å². The third kappa shape index (κ3) is 4.81. The maximum atomic E-state index is 15.0. The normalized spacial score (nSPS) is 22.7. The Hall–Kier alpha value is -2.29. The Morgan fingerprint density at radius 1 is 1.16 bits per heavy atom.